The molecular formula is C22H20Cl2F4N2O. The van der Waals surface area contributed by atoms with Gasteiger partial charge in [0.2, 0.25) is 0 Å². The zero-order valence-electron chi connectivity index (χ0n) is 16.4. The number of carbonyl (C=O) groups excluding carboxylic acids is 1. The molecule has 1 N–H and O–H groups in total. The number of halogens is 6. The Morgan fingerprint density at radius 2 is 1.71 bits per heavy atom. The fraction of sp³-hybridized carbons (Fsp3) is 0.409. The molecule has 3 heterocycles. The molecule has 0 aromatic heterocycles. The number of nitrogens with one attached hydrogen (secondary N) is 1. The molecule has 3 saturated heterocycles. The summed E-state index contributed by atoms with van der Waals surface area (Å²) in [5.74, 6) is -0.683. The van der Waals surface area contributed by atoms with E-state index in [0.717, 1.165) is 44.5 Å². The van der Waals surface area contributed by atoms with Crippen molar-refractivity contribution in [2.24, 2.45) is 5.92 Å². The van der Waals surface area contributed by atoms with Gasteiger partial charge < -0.3 is 5.32 Å². The third-order valence-corrected chi connectivity index (χ3v) is 6.92. The minimum atomic E-state index is -4.72. The molecule has 166 valence electrons. The zero-order chi connectivity index (χ0) is 22.3. The van der Waals surface area contributed by atoms with Crippen molar-refractivity contribution in [1.82, 2.24) is 10.2 Å². The molecule has 3 nitrogen and oxygen atoms in total. The van der Waals surface area contributed by atoms with Crippen molar-refractivity contribution in [2.45, 2.75) is 37.5 Å². The molecule has 3 aliphatic rings. The fourth-order valence-electron chi connectivity index (χ4n) is 4.62. The molecule has 2 aromatic rings. The summed E-state index contributed by atoms with van der Waals surface area (Å²) in [5, 5.41) is 1.94. The van der Waals surface area contributed by atoms with Crippen molar-refractivity contribution in [3.63, 3.8) is 0 Å². The third kappa shape index (κ3) is 4.54. The first kappa shape index (κ1) is 22.4. The second-order valence-electron chi connectivity index (χ2n) is 8.07. The Bertz CT molecular complexity index is 973. The van der Waals surface area contributed by atoms with Gasteiger partial charge in [0.15, 0.2) is 0 Å². The average Bonchev–Trinajstić information content (AvgIpc) is 2.72. The van der Waals surface area contributed by atoms with Gasteiger partial charge in [-0.2, -0.15) is 13.2 Å². The van der Waals surface area contributed by atoms with Gasteiger partial charge in [0.25, 0.3) is 5.91 Å². The number of alkyl halides is 3. The molecule has 0 spiro atoms. The van der Waals surface area contributed by atoms with Crippen molar-refractivity contribution in [3.05, 3.63) is 69.0 Å². The lowest BCUT2D eigenvalue weighted by Crippen LogP contribution is -2.54. The lowest BCUT2D eigenvalue weighted by molar-refractivity contribution is -0.137. The molecule has 2 atom stereocenters. The van der Waals surface area contributed by atoms with Crippen LogP contribution in [0.15, 0.2) is 36.4 Å². The van der Waals surface area contributed by atoms with Crippen molar-refractivity contribution in [1.29, 1.82) is 0 Å². The number of amides is 1. The van der Waals surface area contributed by atoms with Gasteiger partial charge in [0.1, 0.15) is 5.82 Å². The Labute approximate surface area is 187 Å². The minimum Gasteiger partial charge on any atom is -0.344 e. The quantitative estimate of drug-likeness (QED) is 0.542. The molecular weight excluding hydrogens is 455 g/mol. The number of piperidine rings is 3. The molecule has 1 amide bonds. The van der Waals surface area contributed by atoms with Gasteiger partial charge in [-0.05, 0) is 68.1 Å². The number of carbonyl (C=O) groups is 1. The van der Waals surface area contributed by atoms with Gasteiger partial charge in [-0.1, -0.05) is 35.3 Å². The topological polar surface area (TPSA) is 32.3 Å². The molecule has 0 saturated carbocycles. The average molecular weight is 475 g/mol. The van der Waals surface area contributed by atoms with Crippen LogP contribution in [0.1, 0.15) is 46.8 Å². The van der Waals surface area contributed by atoms with E-state index < -0.39 is 40.1 Å². The molecule has 9 heteroatoms. The van der Waals surface area contributed by atoms with E-state index in [2.05, 4.69) is 10.2 Å². The fourth-order valence-corrected chi connectivity index (χ4v) is 5.27. The predicted octanol–water partition coefficient (Wildman–Crippen LogP) is 6.11. The molecule has 2 aromatic carbocycles. The van der Waals surface area contributed by atoms with E-state index in [1.165, 1.54) is 12.1 Å². The van der Waals surface area contributed by atoms with Crippen molar-refractivity contribution in [3.8, 4) is 0 Å². The summed E-state index contributed by atoms with van der Waals surface area (Å²) in [7, 11) is 0. The van der Waals surface area contributed by atoms with E-state index in [-0.39, 0.29) is 11.1 Å². The molecule has 1 unspecified atom stereocenters. The molecule has 2 bridgehead atoms. The molecule has 0 radical (unpaired) electrons. The van der Waals surface area contributed by atoms with Crippen molar-refractivity contribution < 1.29 is 22.4 Å². The number of fused-ring (bicyclic) bond motifs is 3. The summed E-state index contributed by atoms with van der Waals surface area (Å²) in [4.78, 5) is 15.4. The van der Waals surface area contributed by atoms with Gasteiger partial charge in [0, 0.05) is 6.04 Å². The van der Waals surface area contributed by atoms with E-state index in [1.807, 2.05) is 0 Å². The van der Waals surface area contributed by atoms with E-state index in [9.17, 15) is 22.4 Å². The summed E-state index contributed by atoms with van der Waals surface area (Å²) >= 11 is 12.0. The van der Waals surface area contributed by atoms with Crippen molar-refractivity contribution >= 4 is 29.1 Å². The predicted molar refractivity (Wildman–Crippen MR) is 111 cm³/mol. The first-order chi connectivity index (χ1) is 14.6. The largest absolute Gasteiger partial charge is 0.417 e. The monoisotopic (exact) mass is 474 g/mol. The third-order valence-electron chi connectivity index (χ3n) is 6.22. The van der Waals surface area contributed by atoms with Crippen LogP contribution in [0.25, 0.3) is 0 Å². The molecule has 0 aliphatic carbocycles. The molecule has 3 aliphatic heterocycles. The minimum absolute atomic E-state index is 0.0507. The van der Waals surface area contributed by atoms with E-state index in [0.29, 0.717) is 11.5 Å². The standard InChI is InChI=1S/C22H20Cl2F4N2O/c23-16-6-5-15(22(26,27)28)19(24)18(16)21(31)29-20(13-1-3-14(25)4-2-13)17-11-12-7-9-30(17)10-8-12/h1-6,12,17,20H,7-11H2,(H,29,31)/t17-,20?/m0/s1. The molecule has 31 heavy (non-hydrogen) atoms. The highest BCUT2D eigenvalue weighted by Crippen LogP contribution is 2.40. The Hall–Kier alpha value is -1.83. The highest BCUT2D eigenvalue weighted by molar-refractivity contribution is 6.40. The Morgan fingerprint density at radius 3 is 2.26 bits per heavy atom. The maximum absolute atomic E-state index is 13.5. The lowest BCUT2D eigenvalue weighted by atomic mass is 9.79. The van der Waals surface area contributed by atoms with Crippen molar-refractivity contribution in [2.75, 3.05) is 13.1 Å². The van der Waals surface area contributed by atoms with E-state index in [4.69, 9.17) is 23.2 Å². The number of hydrogen-bond donors (Lipinski definition) is 1. The maximum atomic E-state index is 13.5. The van der Waals surface area contributed by atoms with Gasteiger partial charge in [0.05, 0.1) is 27.2 Å². The summed E-state index contributed by atoms with van der Waals surface area (Å²) in [5.41, 5.74) is -0.865. The molecule has 5 rings (SSSR count). The van der Waals surface area contributed by atoms with Crippen LogP contribution in [0.2, 0.25) is 10.0 Å². The first-order valence-electron chi connectivity index (χ1n) is 10.0. The summed E-state index contributed by atoms with van der Waals surface area (Å²) in [6, 6.07) is 6.94. The highest BCUT2D eigenvalue weighted by atomic mass is 35.5. The normalized spacial score (nSPS) is 24.1. The number of nitrogens with zero attached hydrogens (tertiary/aromatic N) is 1. The van der Waals surface area contributed by atoms with Gasteiger partial charge >= 0.3 is 6.18 Å². The highest BCUT2D eigenvalue weighted by Gasteiger charge is 2.40. The Balaban J connectivity index is 1.69. The summed E-state index contributed by atoms with van der Waals surface area (Å²) in [6.45, 7) is 1.77. The lowest BCUT2D eigenvalue weighted by Gasteiger charge is -2.48. The first-order valence-corrected chi connectivity index (χ1v) is 10.8. The Morgan fingerprint density at radius 1 is 1.06 bits per heavy atom. The van der Waals surface area contributed by atoms with Gasteiger partial charge in [-0.15, -0.1) is 0 Å². The van der Waals surface area contributed by atoms with E-state index in [1.54, 1.807) is 12.1 Å². The van der Waals surface area contributed by atoms with Crippen LogP contribution in [0, 0.1) is 11.7 Å². The van der Waals surface area contributed by atoms with E-state index >= 15 is 0 Å². The summed E-state index contributed by atoms with van der Waals surface area (Å²) < 4.78 is 53.3. The molecule has 3 fully saturated rings. The van der Waals surface area contributed by atoms with Crippen LogP contribution in [-0.4, -0.2) is 29.9 Å². The zero-order valence-corrected chi connectivity index (χ0v) is 17.9. The smallest absolute Gasteiger partial charge is 0.344 e. The second kappa shape index (κ2) is 8.60. The van der Waals surface area contributed by atoms with Crippen LogP contribution in [0.5, 0.6) is 0 Å². The van der Waals surface area contributed by atoms with Crippen LogP contribution in [0.4, 0.5) is 17.6 Å². The van der Waals surface area contributed by atoms with Crippen LogP contribution in [-0.2, 0) is 6.18 Å². The van der Waals surface area contributed by atoms with Gasteiger partial charge in [-0.25, -0.2) is 4.39 Å². The number of rotatable bonds is 4. The summed E-state index contributed by atoms with van der Waals surface area (Å²) in [6.07, 6.45) is -1.73. The van der Waals surface area contributed by atoms with Crippen LogP contribution < -0.4 is 5.32 Å². The maximum Gasteiger partial charge on any atom is 0.417 e. The second-order valence-corrected chi connectivity index (χ2v) is 8.85. The number of hydrogen-bond acceptors (Lipinski definition) is 2. The SMILES string of the molecule is O=C(NC(c1ccc(F)cc1)[C@@H]1CC2CCN1CC2)c1c(Cl)ccc(C(F)(F)F)c1Cl. The number of benzene rings is 2. The van der Waals surface area contributed by atoms with Crippen LogP contribution >= 0.6 is 23.2 Å². The van der Waals surface area contributed by atoms with Gasteiger partial charge in [-0.3, -0.25) is 9.69 Å². The van der Waals surface area contributed by atoms with Crippen LogP contribution in [0.3, 0.4) is 0 Å². The Kier molecular flexibility index (Phi) is 6.21.